The summed E-state index contributed by atoms with van der Waals surface area (Å²) in [5, 5.41) is 6.98. The number of nitrogens with zero attached hydrogens (tertiary/aromatic N) is 2. The van der Waals surface area contributed by atoms with Gasteiger partial charge in [0.2, 0.25) is 0 Å². The molecular formula is C11H18N4OS. The third-order valence-corrected chi connectivity index (χ3v) is 3.35. The Balaban J connectivity index is 2.93. The second kappa shape index (κ2) is 4.83. The van der Waals surface area contributed by atoms with E-state index in [4.69, 9.17) is 18.0 Å². The molecule has 3 N–H and O–H groups in total. The SMILES string of the molecule is CCC(C)(NC(=O)c1cn(C)nc1C)C(N)=S. The highest BCUT2D eigenvalue weighted by Gasteiger charge is 2.28. The number of hydrogen-bond acceptors (Lipinski definition) is 3. The number of amides is 1. The molecule has 5 nitrogen and oxygen atoms in total. The van der Waals surface area contributed by atoms with Crippen molar-refractivity contribution in [3.63, 3.8) is 0 Å². The number of aromatic nitrogens is 2. The molecule has 6 heteroatoms. The average Bonchev–Trinajstić information content (AvgIpc) is 2.57. The lowest BCUT2D eigenvalue weighted by Crippen LogP contribution is -2.54. The summed E-state index contributed by atoms with van der Waals surface area (Å²) in [5.74, 6) is -0.201. The number of thiocarbonyl (C=S) groups is 1. The first-order valence-corrected chi connectivity index (χ1v) is 5.83. The van der Waals surface area contributed by atoms with Crippen molar-refractivity contribution in [1.29, 1.82) is 0 Å². The number of carbonyl (C=O) groups excluding carboxylic acids is 1. The quantitative estimate of drug-likeness (QED) is 0.783. The predicted molar refractivity (Wildman–Crippen MR) is 70.9 cm³/mol. The lowest BCUT2D eigenvalue weighted by atomic mass is 9.98. The third-order valence-electron chi connectivity index (χ3n) is 2.90. The van der Waals surface area contributed by atoms with Gasteiger partial charge >= 0.3 is 0 Å². The van der Waals surface area contributed by atoms with Crippen molar-refractivity contribution in [2.75, 3.05) is 0 Å². The fourth-order valence-electron chi connectivity index (χ4n) is 1.46. The van der Waals surface area contributed by atoms with E-state index >= 15 is 0 Å². The maximum absolute atomic E-state index is 12.1. The number of nitrogens with one attached hydrogen (secondary N) is 1. The van der Waals surface area contributed by atoms with Crippen molar-refractivity contribution in [3.05, 3.63) is 17.5 Å². The van der Waals surface area contributed by atoms with Crippen LogP contribution in [0.3, 0.4) is 0 Å². The molecule has 0 saturated carbocycles. The summed E-state index contributed by atoms with van der Waals surface area (Å²) >= 11 is 4.98. The first kappa shape index (κ1) is 13.6. The van der Waals surface area contributed by atoms with Crippen LogP contribution in [0.25, 0.3) is 0 Å². The molecule has 1 amide bonds. The van der Waals surface area contributed by atoms with Gasteiger partial charge in [0.25, 0.3) is 5.91 Å². The summed E-state index contributed by atoms with van der Waals surface area (Å²) in [4.78, 5) is 12.4. The van der Waals surface area contributed by atoms with E-state index in [1.54, 1.807) is 24.9 Å². The minimum absolute atomic E-state index is 0.201. The van der Waals surface area contributed by atoms with Gasteiger partial charge in [0.05, 0.1) is 21.8 Å². The normalized spacial score (nSPS) is 14.1. The van der Waals surface area contributed by atoms with Gasteiger partial charge in [-0.1, -0.05) is 19.1 Å². The monoisotopic (exact) mass is 254 g/mol. The highest BCUT2D eigenvalue weighted by atomic mass is 32.1. The smallest absolute Gasteiger partial charge is 0.255 e. The van der Waals surface area contributed by atoms with Crippen LogP contribution in [0.15, 0.2) is 6.20 Å². The summed E-state index contributed by atoms with van der Waals surface area (Å²) in [6.45, 7) is 5.54. The van der Waals surface area contributed by atoms with Crippen LogP contribution in [0.2, 0.25) is 0 Å². The Morgan fingerprint density at radius 2 is 2.29 bits per heavy atom. The minimum atomic E-state index is -0.658. The number of aryl methyl sites for hydroxylation is 2. The van der Waals surface area contributed by atoms with Crippen LogP contribution in [0.4, 0.5) is 0 Å². The van der Waals surface area contributed by atoms with Crippen LogP contribution in [-0.2, 0) is 7.05 Å². The van der Waals surface area contributed by atoms with E-state index < -0.39 is 5.54 Å². The Bertz CT molecular complexity index is 454. The minimum Gasteiger partial charge on any atom is -0.391 e. The van der Waals surface area contributed by atoms with E-state index in [-0.39, 0.29) is 10.9 Å². The van der Waals surface area contributed by atoms with Crippen LogP contribution in [0, 0.1) is 6.92 Å². The van der Waals surface area contributed by atoms with Gasteiger partial charge in [0.1, 0.15) is 0 Å². The summed E-state index contributed by atoms with van der Waals surface area (Å²) in [6.07, 6.45) is 2.33. The third kappa shape index (κ3) is 2.82. The van der Waals surface area contributed by atoms with Gasteiger partial charge in [-0.25, -0.2) is 0 Å². The maximum atomic E-state index is 12.1. The molecule has 1 rings (SSSR count). The largest absolute Gasteiger partial charge is 0.391 e. The van der Waals surface area contributed by atoms with Gasteiger partial charge < -0.3 is 11.1 Å². The number of hydrogen-bond donors (Lipinski definition) is 2. The van der Waals surface area contributed by atoms with Gasteiger partial charge in [-0.05, 0) is 20.3 Å². The summed E-state index contributed by atoms with van der Waals surface area (Å²) in [5.41, 5.74) is 6.22. The Labute approximate surface area is 106 Å². The second-order valence-corrected chi connectivity index (χ2v) is 4.75. The molecule has 0 spiro atoms. The molecule has 94 valence electrons. The molecule has 1 aromatic heterocycles. The second-order valence-electron chi connectivity index (χ2n) is 4.31. The lowest BCUT2D eigenvalue weighted by molar-refractivity contribution is 0.0926. The number of rotatable bonds is 4. The van der Waals surface area contributed by atoms with Crippen molar-refractivity contribution >= 4 is 23.1 Å². The van der Waals surface area contributed by atoms with Gasteiger partial charge in [-0.2, -0.15) is 5.10 Å². The van der Waals surface area contributed by atoms with Gasteiger partial charge in [-0.15, -0.1) is 0 Å². The van der Waals surface area contributed by atoms with Gasteiger partial charge in [0.15, 0.2) is 0 Å². The van der Waals surface area contributed by atoms with Crippen LogP contribution in [0.1, 0.15) is 36.3 Å². The van der Waals surface area contributed by atoms with Crippen LogP contribution in [0.5, 0.6) is 0 Å². The van der Waals surface area contributed by atoms with Gasteiger partial charge in [-0.3, -0.25) is 9.48 Å². The van der Waals surface area contributed by atoms with E-state index in [9.17, 15) is 4.79 Å². The summed E-state index contributed by atoms with van der Waals surface area (Å²) in [6, 6.07) is 0. The summed E-state index contributed by atoms with van der Waals surface area (Å²) in [7, 11) is 1.77. The number of nitrogens with two attached hydrogens (primary N) is 1. The zero-order valence-electron chi connectivity index (χ0n) is 10.6. The molecule has 0 aliphatic carbocycles. The van der Waals surface area contributed by atoms with Crippen LogP contribution >= 0.6 is 12.2 Å². The molecule has 0 radical (unpaired) electrons. The van der Waals surface area contributed by atoms with Crippen molar-refractivity contribution in [1.82, 2.24) is 15.1 Å². The van der Waals surface area contributed by atoms with E-state index in [2.05, 4.69) is 10.4 Å². The topological polar surface area (TPSA) is 72.9 Å². The maximum Gasteiger partial charge on any atom is 0.255 e. The highest BCUT2D eigenvalue weighted by Crippen LogP contribution is 2.12. The van der Waals surface area contributed by atoms with Crippen molar-refractivity contribution in [2.24, 2.45) is 12.8 Å². The summed E-state index contributed by atoms with van der Waals surface area (Å²) < 4.78 is 1.61. The van der Waals surface area contributed by atoms with E-state index in [0.29, 0.717) is 17.7 Å². The van der Waals surface area contributed by atoms with E-state index in [1.165, 1.54) is 0 Å². The Morgan fingerprint density at radius 1 is 1.71 bits per heavy atom. The molecular weight excluding hydrogens is 236 g/mol. The van der Waals surface area contributed by atoms with Gasteiger partial charge in [0, 0.05) is 13.2 Å². The first-order chi connectivity index (χ1) is 7.80. The molecule has 1 atom stereocenters. The lowest BCUT2D eigenvalue weighted by Gasteiger charge is -2.28. The molecule has 0 bridgehead atoms. The molecule has 0 aromatic carbocycles. The number of carbonyl (C=O) groups is 1. The molecule has 17 heavy (non-hydrogen) atoms. The van der Waals surface area contributed by atoms with E-state index in [1.807, 2.05) is 13.8 Å². The van der Waals surface area contributed by atoms with Crippen molar-refractivity contribution < 1.29 is 4.79 Å². The predicted octanol–water partition coefficient (Wildman–Crippen LogP) is 0.913. The fraction of sp³-hybridized carbons (Fsp3) is 0.545. The first-order valence-electron chi connectivity index (χ1n) is 5.43. The molecule has 1 aromatic rings. The fourth-order valence-corrected chi connectivity index (χ4v) is 1.66. The van der Waals surface area contributed by atoms with Crippen molar-refractivity contribution in [3.8, 4) is 0 Å². The molecule has 0 saturated heterocycles. The van der Waals surface area contributed by atoms with E-state index in [0.717, 1.165) is 0 Å². The van der Waals surface area contributed by atoms with Crippen LogP contribution in [-0.4, -0.2) is 26.2 Å². The molecule has 0 aliphatic rings. The molecule has 0 aliphatic heterocycles. The van der Waals surface area contributed by atoms with Crippen molar-refractivity contribution in [2.45, 2.75) is 32.7 Å². The Kier molecular flexibility index (Phi) is 3.87. The Hall–Kier alpha value is -1.43. The van der Waals surface area contributed by atoms with Crippen LogP contribution < -0.4 is 11.1 Å². The molecule has 1 unspecified atom stereocenters. The zero-order chi connectivity index (χ0) is 13.2. The molecule has 0 fully saturated rings. The zero-order valence-corrected chi connectivity index (χ0v) is 11.4. The average molecular weight is 254 g/mol. The molecule has 1 heterocycles. The highest BCUT2D eigenvalue weighted by molar-refractivity contribution is 7.80. The standard InChI is InChI=1S/C11H18N4OS/c1-5-11(3,10(12)17)13-9(16)8-6-15(4)14-7(8)2/h6H,5H2,1-4H3,(H2,12,17)(H,13,16). The Morgan fingerprint density at radius 3 is 2.65 bits per heavy atom.